The SMILES string of the molecule is CCOc1c(Cl)cc(CNC(=O)CNC(=O)[C@@H](N)C(C)C)cc1OC. The van der Waals surface area contributed by atoms with Crippen molar-refractivity contribution in [2.24, 2.45) is 11.7 Å². The molecule has 0 aromatic heterocycles. The summed E-state index contributed by atoms with van der Waals surface area (Å²) in [6.45, 7) is 6.10. The van der Waals surface area contributed by atoms with Gasteiger partial charge in [0.1, 0.15) is 0 Å². The van der Waals surface area contributed by atoms with Crippen molar-refractivity contribution in [3.05, 3.63) is 22.7 Å². The second-order valence-corrected chi connectivity index (χ2v) is 6.21. The van der Waals surface area contributed by atoms with Crippen LogP contribution >= 0.6 is 11.6 Å². The molecule has 0 aliphatic heterocycles. The Kier molecular flexibility index (Phi) is 8.51. The lowest BCUT2D eigenvalue weighted by atomic mass is 10.1. The third-order valence-electron chi connectivity index (χ3n) is 3.51. The van der Waals surface area contributed by atoms with Gasteiger partial charge in [-0.25, -0.2) is 0 Å². The summed E-state index contributed by atoms with van der Waals surface area (Å²) in [5, 5.41) is 5.62. The number of benzene rings is 1. The van der Waals surface area contributed by atoms with E-state index in [2.05, 4.69) is 10.6 Å². The van der Waals surface area contributed by atoms with E-state index >= 15 is 0 Å². The molecule has 0 unspecified atom stereocenters. The minimum absolute atomic E-state index is 0.00141. The lowest BCUT2D eigenvalue weighted by molar-refractivity contribution is -0.127. The van der Waals surface area contributed by atoms with Gasteiger partial charge in [-0.2, -0.15) is 0 Å². The highest BCUT2D eigenvalue weighted by Gasteiger charge is 2.17. The van der Waals surface area contributed by atoms with Crippen LogP contribution in [0.4, 0.5) is 0 Å². The summed E-state index contributed by atoms with van der Waals surface area (Å²) in [6, 6.07) is 2.80. The van der Waals surface area contributed by atoms with Crippen LogP contribution in [0.2, 0.25) is 5.02 Å². The zero-order chi connectivity index (χ0) is 19.0. The average molecular weight is 372 g/mol. The Balaban J connectivity index is 2.59. The number of carbonyl (C=O) groups excluding carboxylic acids is 2. The third-order valence-corrected chi connectivity index (χ3v) is 3.79. The molecule has 0 radical (unpaired) electrons. The van der Waals surface area contributed by atoms with Gasteiger partial charge in [0.2, 0.25) is 11.8 Å². The van der Waals surface area contributed by atoms with Crippen molar-refractivity contribution >= 4 is 23.4 Å². The van der Waals surface area contributed by atoms with Gasteiger partial charge in [0.25, 0.3) is 0 Å². The second-order valence-electron chi connectivity index (χ2n) is 5.81. The maximum Gasteiger partial charge on any atom is 0.239 e. The first-order valence-corrected chi connectivity index (χ1v) is 8.47. The molecule has 0 saturated heterocycles. The lowest BCUT2D eigenvalue weighted by Gasteiger charge is -2.15. The van der Waals surface area contributed by atoms with E-state index in [9.17, 15) is 9.59 Å². The van der Waals surface area contributed by atoms with E-state index in [1.54, 1.807) is 12.1 Å². The van der Waals surface area contributed by atoms with E-state index < -0.39 is 6.04 Å². The predicted octanol–water partition coefficient (Wildman–Crippen LogP) is 1.46. The minimum atomic E-state index is -0.637. The molecule has 0 saturated carbocycles. The number of carbonyl (C=O) groups is 2. The molecule has 0 bridgehead atoms. The highest BCUT2D eigenvalue weighted by atomic mass is 35.5. The fourth-order valence-corrected chi connectivity index (χ4v) is 2.30. The predicted molar refractivity (Wildman–Crippen MR) is 96.8 cm³/mol. The van der Waals surface area contributed by atoms with Crippen molar-refractivity contribution in [1.82, 2.24) is 10.6 Å². The molecule has 1 aromatic carbocycles. The summed E-state index contributed by atoms with van der Waals surface area (Å²) in [5.41, 5.74) is 6.47. The molecule has 140 valence electrons. The van der Waals surface area contributed by atoms with Gasteiger partial charge in [-0.1, -0.05) is 25.4 Å². The maximum atomic E-state index is 11.9. The molecule has 7 nitrogen and oxygen atoms in total. The number of hydrogen-bond acceptors (Lipinski definition) is 5. The van der Waals surface area contributed by atoms with Gasteiger partial charge in [-0.15, -0.1) is 0 Å². The van der Waals surface area contributed by atoms with E-state index in [1.165, 1.54) is 7.11 Å². The zero-order valence-corrected chi connectivity index (χ0v) is 15.8. The van der Waals surface area contributed by atoms with E-state index in [0.717, 1.165) is 5.56 Å². The van der Waals surface area contributed by atoms with Gasteiger partial charge in [0, 0.05) is 6.54 Å². The van der Waals surface area contributed by atoms with Crippen LogP contribution in [0, 0.1) is 5.92 Å². The normalized spacial score (nSPS) is 11.8. The number of methoxy groups -OCH3 is 1. The molecule has 1 aromatic rings. The zero-order valence-electron chi connectivity index (χ0n) is 15.0. The highest BCUT2D eigenvalue weighted by Crippen LogP contribution is 2.36. The Morgan fingerprint density at radius 1 is 1.28 bits per heavy atom. The van der Waals surface area contributed by atoms with Gasteiger partial charge in [0.05, 0.1) is 31.3 Å². The third kappa shape index (κ3) is 6.43. The first kappa shape index (κ1) is 21.1. The van der Waals surface area contributed by atoms with Gasteiger partial charge in [-0.05, 0) is 30.5 Å². The first-order chi connectivity index (χ1) is 11.8. The molecule has 8 heteroatoms. The number of hydrogen-bond donors (Lipinski definition) is 3. The number of nitrogens with two attached hydrogens (primary N) is 1. The molecule has 2 amide bonds. The summed E-state index contributed by atoms with van der Waals surface area (Å²) in [5.74, 6) is 0.289. The molecular formula is C17H26ClN3O4. The summed E-state index contributed by atoms with van der Waals surface area (Å²) in [7, 11) is 1.52. The molecule has 4 N–H and O–H groups in total. The highest BCUT2D eigenvalue weighted by molar-refractivity contribution is 6.32. The number of halogens is 1. The monoisotopic (exact) mass is 371 g/mol. The fraction of sp³-hybridized carbons (Fsp3) is 0.529. The average Bonchev–Trinajstić information content (AvgIpc) is 2.58. The van der Waals surface area contributed by atoms with Gasteiger partial charge in [0.15, 0.2) is 11.5 Å². The van der Waals surface area contributed by atoms with E-state index in [1.807, 2.05) is 20.8 Å². The van der Waals surface area contributed by atoms with Gasteiger partial charge < -0.3 is 25.8 Å². The van der Waals surface area contributed by atoms with Crippen LogP contribution in [0.3, 0.4) is 0 Å². The maximum absolute atomic E-state index is 11.9. The van der Waals surface area contributed by atoms with Crippen molar-refractivity contribution in [2.75, 3.05) is 20.3 Å². The van der Waals surface area contributed by atoms with Crippen molar-refractivity contribution in [3.63, 3.8) is 0 Å². The van der Waals surface area contributed by atoms with Crippen LogP contribution in [-0.4, -0.2) is 38.1 Å². The van der Waals surface area contributed by atoms with Crippen molar-refractivity contribution in [2.45, 2.75) is 33.4 Å². The molecule has 1 atom stereocenters. The Morgan fingerprint density at radius 2 is 1.96 bits per heavy atom. The summed E-state index contributed by atoms with van der Waals surface area (Å²) < 4.78 is 10.7. The molecule has 0 heterocycles. The Labute approximate surface area is 153 Å². The van der Waals surface area contributed by atoms with E-state index in [-0.39, 0.29) is 30.8 Å². The van der Waals surface area contributed by atoms with Gasteiger partial charge in [-0.3, -0.25) is 9.59 Å². The molecule has 25 heavy (non-hydrogen) atoms. The molecule has 0 aliphatic rings. The number of rotatable bonds is 9. The summed E-state index contributed by atoms with van der Waals surface area (Å²) in [6.07, 6.45) is 0. The Morgan fingerprint density at radius 3 is 2.52 bits per heavy atom. The molecule has 0 aliphatic carbocycles. The van der Waals surface area contributed by atoms with Crippen LogP contribution in [0.15, 0.2) is 12.1 Å². The smallest absolute Gasteiger partial charge is 0.239 e. The molecular weight excluding hydrogens is 346 g/mol. The first-order valence-electron chi connectivity index (χ1n) is 8.09. The van der Waals surface area contributed by atoms with Crippen LogP contribution in [0.1, 0.15) is 26.3 Å². The lowest BCUT2D eigenvalue weighted by Crippen LogP contribution is -2.47. The van der Waals surface area contributed by atoms with Crippen LogP contribution in [0.25, 0.3) is 0 Å². The summed E-state index contributed by atoms with van der Waals surface area (Å²) in [4.78, 5) is 23.6. The largest absolute Gasteiger partial charge is 0.493 e. The fourth-order valence-electron chi connectivity index (χ4n) is 2.01. The molecule has 1 rings (SSSR count). The van der Waals surface area contributed by atoms with Crippen LogP contribution in [-0.2, 0) is 16.1 Å². The van der Waals surface area contributed by atoms with Crippen molar-refractivity contribution in [1.29, 1.82) is 0 Å². The Hall–Kier alpha value is -1.99. The molecule has 0 spiro atoms. The van der Waals surface area contributed by atoms with Gasteiger partial charge >= 0.3 is 0 Å². The van der Waals surface area contributed by atoms with Crippen molar-refractivity contribution < 1.29 is 19.1 Å². The van der Waals surface area contributed by atoms with Crippen LogP contribution < -0.4 is 25.8 Å². The second kappa shape index (κ2) is 10.1. The standard InChI is InChI=1S/C17H26ClN3O4/c1-5-25-16-12(18)6-11(7-13(16)24-4)8-20-14(22)9-21-17(23)15(19)10(2)3/h6-7,10,15H,5,8-9,19H2,1-4H3,(H,20,22)(H,21,23)/t15-/m0/s1. The number of ether oxygens (including phenoxy) is 2. The Bertz CT molecular complexity index is 608. The quantitative estimate of drug-likeness (QED) is 0.610. The summed E-state index contributed by atoms with van der Waals surface area (Å²) >= 11 is 6.19. The molecule has 0 fully saturated rings. The van der Waals surface area contributed by atoms with E-state index in [0.29, 0.717) is 23.1 Å². The topological polar surface area (TPSA) is 103 Å². The number of amides is 2. The number of nitrogens with one attached hydrogen (secondary N) is 2. The van der Waals surface area contributed by atoms with Crippen molar-refractivity contribution in [3.8, 4) is 11.5 Å². The van der Waals surface area contributed by atoms with Crippen LogP contribution in [0.5, 0.6) is 11.5 Å². The minimum Gasteiger partial charge on any atom is -0.493 e. The van der Waals surface area contributed by atoms with E-state index in [4.69, 9.17) is 26.8 Å².